The molecule has 1 spiro atoms. The zero-order chi connectivity index (χ0) is 14.7. The van der Waals surface area contributed by atoms with Crippen LogP contribution in [-0.4, -0.2) is 40.6 Å². The van der Waals surface area contributed by atoms with Crippen LogP contribution in [0.15, 0.2) is 28.8 Å². The molecule has 4 heterocycles. The number of amides is 1. The first-order chi connectivity index (χ1) is 10.8. The number of fused-ring (bicyclic) bond motifs is 3. The van der Waals surface area contributed by atoms with Crippen molar-refractivity contribution in [1.82, 2.24) is 15.4 Å². The Kier molecular flexibility index (Phi) is 2.48. The molecule has 1 aliphatic carbocycles. The molecule has 114 valence electrons. The second kappa shape index (κ2) is 4.32. The summed E-state index contributed by atoms with van der Waals surface area (Å²) >= 11 is 0. The molecule has 1 aromatic carbocycles. The van der Waals surface area contributed by atoms with Gasteiger partial charge in [0.15, 0.2) is 11.3 Å². The van der Waals surface area contributed by atoms with Crippen LogP contribution in [0.2, 0.25) is 0 Å². The smallest absolute Gasteiger partial charge is 0.274 e. The van der Waals surface area contributed by atoms with Gasteiger partial charge in [-0.1, -0.05) is 17.3 Å². The van der Waals surface area contributed by atoms with E-state index in [1.165, 1.54) is 38.8 Å². The third-order valence-corrected chi connectivity index (χ3v) is 5.86. The predicted molar refractivity (Wildman–Crippen MR) is 81.5 cm³/mol. The van der Waals surface area contributed by atoms with E-state index in [1.807, 2.05) is 24.3 Å². The van der Waals surface area contributed by atoms with Crippen LogP contribution in [0.3, 0.4) is 0 Å². The molecule has 22 heavy (non-hydrogen) atoms. The molecule has 6 rings (SSSR count). The molecule has 0 unspecified atom stereocenters. The van der Waals surface area contributed by atoms with Gasteiger partial charge in [-0.05, 0) is 56.8 Å². The first-order valence-corrected chi connectivity index (χ1v) is 8.18. The van der Waals surface area contributed by atoms with Crippen LogP contribution < -0.4 is 5.32 Å². The number of carbonyl (C=O) groups is 1. The molecule has 1 atom stereocenters. The number of nitrogens with one attached hydrogen (secondary N) is 1. The summed E-state index contributed by atoms with van der Waals surface area (Å²) < 4.78 is 5.27. The van der Waals surface area contributed by atoms with Gasteiger partial charge in [0, 0.05) is 5.54 Å². The van der Waals surface area contributed by atoms with Crippen LogP contribution in [0.4, 0.5) is 0 Å². The van der Waals surface area contributed by atoms with Crippen LogP contribution >= 0.6 is 0 Å². The third-order valence-electron chi connectivity index (χ3n) is 5.86. The summed E-state index contributed by atoms with van der Waals surface area (Å²) in [4.78, 5) is 15.3. The molecular weight excluding hydrogens is 278 g/mol. The van der Waals surface area contributed by atoms with E-state index in [2.05, 4.69) is 15.4 Å². The first kappa shape index (κ1) is 12.6. The van der Waals surface area contributed by atoms with E-state index in [0.29, 0.717) is 17.2 Å². The number of para-hydroxylation sites is 1. The molecule has 0 radical (unpaired) electrons. The molecular formula is C17H19N3O2. The lowest BCUT2D eigenvalue weighted by Gasteiger charge is -2.52. The van der Waals surface area contributed by atoms with E-state index < -0.39 is 0 Å². The summed E-state index contributed by atoms with van der Waals surface area (Å²) in [5.41, 5.74) is 1.33. The highest BCUT2D eigenvalue weighted by Crippen LogP contribution is 2.53. The van der Waals surface area contributed by atoms with Crippen molar-refractivity contribution in [2.45, 2.75) is 37.3 Å². The van der Waals surface area contributed by atoms with E-state index in [1.54, 1.807) is 0 Å². The van der Waals surface area contributed by atoms with E-state index in [4.69, 9.17) is 4.52 Å². The highest BCUT2D eigenvalue weighted by Gasteiger charge is 2.60. The van der Waals surface area contributed by atoms with Gasteiger partial charge in [-0.25, -0.2) is 0 Å². The fourth-order valence-electron chi connectivity index (χ4n) is 4.58. The lowest BCUT2D eigenvalue weighted by Crippen LogP contribution is -2.65. The Balaban J connectivity index is 1.45. The monoisotopic (exact) mass is 297 g/mol. The second-order valence-electron chi connectivity index (χ2n) is 6.91. The Bertz CT molecular complexity index is 741. The standard InChI is InChI=1S/C17H19N3O2/c21-16(14-12-3-1-2-4-13(12)22-19-14)18-15-11-5-9-20(10-6-11)17(15)7-8-17/h1-4,11,15H,5-10H2,(H,18,21)/t15-/m0/s1. The van der Waals surface area contributed by atoms with Crippen LogP contribution in [0, 0.1) is 5.92 Å². The third kappa shape index (κ3) is 1.63. The van der Waals surface area contributed by atoms with Crippen LogP contribution in [0.1, 0.15) is 36.2 Å². The van der Waals surface area contributed by atoms with E-state index in [0.717, 1.165) is 5.39 Å². The predicted octanol–water partition coefficient (Wildman–Crippen LogP) is 2.18. The number of rotatable bonds is 2. The maximum Gasteiger partial charge on any atom is 0.274 e. The van der Waals surface area contributed by atoms with Gasteiger partial charge in [0.2, 0.25) is 0 Å². The Morgan fingerprint density at radius 2 is 2.05 bits per heavy atom. The highest BCUT2D eigenvalue weighted by molar-refractivity contribution is 6.04. The van der Waals surface area contributed by atoms with E-state index in [9.17, 15) is 4.79 Å². The maximum atomic E-state index is 12.7. The van der Waals surface area contributed by atoms with Gasteiger partial charge < -0.3 is 9.84 Å². The average Bonchev–Trinajstić information content (AvgIpc) is 3.21. The lowest BCUT2D eigenvalue weighted by atomic mass is 9.77. The van der Waals surface area contributed by atoms with Crippen molar-refractivity contribution in [3.8, 4) is 0 Å². The van der Waals surface area contributed by atoms with Crippen LogP contribution in [0.25, 0.3) is 11.0 Å². The summed E-state index contributed by atoms with van der Waals surface area (Å²) in [6, 6.07) is 7.81. The average molecular weight is 297 g/mol. The number of aromatic nitrogens is 1. The van der Waals surface area contributed by atoms with Gasteiger partial charge in [-0.15, -0.1) is 0 Å². The van der Waals surface area contributed by atoms with Crippen molar-refractivity contribution in [3.63, 3.8) is 0 Å². The van der Waals surface area contributed by atoms with Gasteiger partial charge in [0.1, 0.15) is 0 Å². The number of piperidine rings is 3. The Hall–Kier alpha value is -1.88. The number of nitrogens with zero attached hydrogens (tertiary/aromatic N) is 2. The topological polar surface area (TPSA) is 58.4 Å². The molecule has 4 aliphatic rings. The molecule has 1 saturated carbocycles. The van der Waals surface area contributed by atoms with Crippen molar-refractivity contribution in [1.29, 1.82) is 0 Å². The Morgan fingerprint density at radius 1 is 1.27 bits per heavy atom. The second-order valence-corrected chi connectivity index (χ2v) is 6.91. The molecule has 1 amide bonds. The van der Waals surface area contributed by atoms with Crippen LogP contribution in [-0.2, 0) is 0 Å². The van der Waals surface area contributed by atoms with Gasteiger partial charge in [0.05, 0.1) is 11.4 Å². The number of hydrogen-bond donors (Lipinski definition) is 1. The van der Waals surface area contributed by atoms with E-state index in [-0.39, 0.29) is 17.5 Å². The molecule has 1 N–H and O–H groups in total. The number of hydrogen-bond acceptors (Lipinski definition) is 4. The molecule has 5 nitrogen and oxygen atoms in total. The zero-order valence-corrected chi connectivity index (χ0v) is 12.4. The Labute approximate surface area is 128 Å². The first-order valence-electron chi connectivity index (χ1n) is 8.18. The maximum absolute atomic E-state index is 12.7. The SMILES string of the molecule is O=C(N[C@H]1C2CCN(CC2)C12CC2)c1noc2ccccc12. The summed E-state index contributed by atoms with van der Waals surface area (Å²) in [5, 5.41) is 8.08. The van der Waals surface area contributed by atoms with Crippen molar-refractivity contribution >= 4 is 16.9 Å². The number of carbonyl (C=O) groups excluding carboxylic acids is 1. The largest absolute Gasteiger partial charge is 0.355 e. The number of benzene rings is 1. The minimum atomic E-state index is -0.0880. The summed E-state index contributed by atoms with van der Waals surface area (Å²) in [7, 11) is 0. The molecule has 1 aromatic heterocycles. The quantitative estimate of drug-likeness (QED) is 0.923. The van der Waals surface area contributed by atoms with Gasteiger partial charge >= 0.3 is 0 Å². The highest BCUT2D eigenvalue weighted by atomic mass is 16.5. The zero-order valence-electron chi connectivity index (χ0n) is 12.4. The van der Waals surface area contributed by atoms with Crippen molar-refractivity contribution in [2.75, 3.05) is 13.1 Å². The summed E-state index contributed by atoms with van der Waals surface area (Å²) in [6.07, 6.45) is 4.83. The van der Waals surface area contributed by atoms with Crippen LogP contribution in [0.5, 0.6) is 0 Å². The van der Waals surface area contributed by atoms with Gasteiger partial charge in [-0.2, -0.15) is 0 Å². The lowest BCUT2D eigenvalue weighted by molar-refractivity contribution is -0.00155. The van der Waals surface area contributed by atoms with Gasteiger partial charge in [0.25, 0.3) is 5.91 Å². The normalized spacial score (nSPS) is 31.5. The molecule has 4 fully saturated rings. The van der Waals surface area contributed by atoms with Crippen molar-refractivity contribution in [2.24, 2.45) is 5.92 Å². The van der Waals surface area contributed by atoms with E-state index >= 15 is 0 Å². The summed E-state index contributed by atoms with van der Waals surface area (Å²) in [6.45, 7) is 2.40. The van der Waals surface area contributed by atoms with Crippen molar-refractivity contribution in [3.05, 3.63) is 30.0 Å². The minimum absolute atomic E-state index is 0.0880. The van der Waals surface area contributed by atoms with Gasteiger partial charge in [-0.3, -0.25) is 9.69 Å². The Morgan fingerprint density at radius 3 is 2.82 bits per heavy atom. The molecule has 2 aromatic rings. The summed E-state index contributed by atoms with van der Waals surface area (Å²) in [5.74, 6) is 0.532. The molecule has 3 aliphatic heterocycles. The molecule has 3 saturated heterocycles. The minimum Gasteiger partial charge on any atom is -0.355 e. The van der Waals surface area contributed by atoms with Crippen molar-refractivity contribution < 1.29 is 9.32 Å². The molecule has 2 bridgehead atoms. The molecule has 5 heteroatoms. The fraction of sp³-hybridized carbons (Fsp3) is 0.529. The fourth-order valence-corrected chi connectivity index (χ4v) is 4.58.